The number of benzene rings is 2. The number of hydrogen-bond acceptors (Lipinski definition) is 6. The molecule has 0 radical (unpaired) electrons. The van der Waals surface area contributed by atoms with E-state index in [-0.39, 0.29) is 35.5 Å². The van der Waals surface area contributed by atoms with Gasteiger partial charge in [0.25, 0.3) is 5.91 Å². The van der Waals surface area contributed by atoms with Crippen LogP contribution in [-0.4, -0.2) is 82.6 Å². The van der Waals surface area contributed by atoms with Gasteiger partial charge in [-0.05, 0) is 62.6 Å². The normalized spacial score (nSPS) is 28.2. The first-order valence-corrected chi connectivity index (χ1v) is 17.1. The van der Waals surface area contributed by atoms with Crippen LogP contribution in [0.1, 0.15) is 34.1 Å². The molecule has 8 nitrogen and oxygen atoms in total. The summed E-state index contributed by atoms with van der Waals surface area (Å²) in [6, 6.07) is 16.2. The minimum atomic E-state index is -0.941. The molecule has 45 heavy (non-hydrogen) atoms. The molecule has 0 saturated carbocycles. The van der Waals surface area contributed by atoms with E-state index in [1.165, 1.54) is 0 Å². The third-order valence-corrected chi connectivity index (χ3v) is 11.5. The summed E-state index contributed by atoms with van der Waals surface area (Å²) in [5.74, 6) is -1.65. The molecule has 1 N–H and O–H groups in total. The first-order chi connectivity index (χ1) is 21.7. The molecule has 4 aliphatic rings. The second-order valence-electron chi connectivity index (χ2n) is 12.8. The highest BCUT2D eigenvalue weighted by atomic mass is 32.2. The van der Waals surface area contributed by atoms with Crippen LogP contribution in [0.4, 0.5) is 17.1 Å². The SMILES string of the molecule is CCN(CC)c1ccc(N2CC=C[C@]34S[C@H]5C=CCN(c6ccccc6)C(=O)[C@H]5[C@H]3C(=O)N([C@@H](CO)CC(C)C)C4C2=O)cc1. The zero-order valence-corrected chi connectivity index (χ0v) is 27.4. The molecule has 6 atom stereocenters. The number of nitrogens with zero attached hydrogens (tertiary/aromatic N) is 4. The number of carbonyl (C=O) groups is 3. The van der Waals surface area contributed by atoms with Crippen LogP contribution in [0.3, 0.4) is 0 Å². The van der Waals surface area contributed by atoms with Gasteiger partial charge in [0.1, 0.15) is 6.04 Å². The molecular weight excluding hydrogens is 584 g/mol. The molecule has 6 rings (SSSR count). The maximum atomic E-state index is 14.9. The van der Waals surface area contributed by atoms with E-state index in [2.05, 4.69) is 38.7 Å². The Bertz CT molecular complexity index is 1470. The summed E-state index contributed by atoms with van der Waals surface area (Å²) in [4.78, 5) is 51.5. The number of rotatable bonds is 9. The Hall–Kier alpha value is -3.56. The topological polar surface area (TPSA) is 84.4 Å². The van der Waals surface area contributed by atoms with Crippen molar-refractivity contribution in [1.82, 2.24) is 4.90 Å². The van der Waals surface area contributed by atoms with Crippen molar-refractivity contribution in [2.24, 2.45) is 17.8 Å². The standard InChI is InChI=1S/C36H44N4O4S/c1-5-37(6-2)25-15-17-27(18-16-25)39-21-11-19-36-31(34(43)40(32(36)35(39)44)28(23-41)22-24(3)4)30-29(45-36)14-10-20-38(33(30)42)26-12-8-7-9-13-26/h7-19,24,28-32,41H,5-6,20-23H2,1-4H3/t28-,29+,30-,31+,32?,36+/m1/s1. The minimum Gasteiger partial charge on any atom is -0.394 e. The molecule has 2 aromatic carbocycles. The predicted molar refractivity (Wildman–Crippen MR) is 181 cm³/mol. The van der Waals surface area contributed by atoms with Gasteiger partial charge in [0, 0.05) is 48.5 Å². The van der Waals surface area contributed by atoms with Crippen molar-refractivity contribution in [2.45, 2.75) is 56.2 Å². The number of aliphatic hydroxyl groups is 1. The molecule has 1 unspecified atom stereocenters. The number of amides is 3. The van der Waals surface area contributed by atoms with E-state index >= 15 is 0 Å². The van der Waals surface area contributed by atoms with Crippen molar-refractivity contribution in [3.8, 4) is 0 Å². The van der Waals surface area contributed by atoms with Crippen molar-refractivity contribution in [3.63, 3.8) is 0 Å². The van der Waals surface area contributed by atoms with E-state index in [0.717, 1.165) is 30.2 Å². The van der Waals surface area contributed by atoms with Gasteiger partial charge in [0.15, 0.2) is 0 Å². The first-order valence-electron chi connectivity index (χ1n) is 16.2. The number of carbonyl (C=O) groups excluding carboxylic acids is 3. The molecule has 3 amide bonds. The van der Waals surface area contributed by atoms with Crippen LogP contribution >= 0.6 is 11.8 Å². The van der Waals surface area contributed by atoms with Gasteiger partial charge in [0.05, 0.1) is 29.2 Å². The molecule has 0 aromatic heterocycles. The summed E-state index contributed by atoms with van der Waals surface area (Å²) in [6.45, 7) is 10.7. The third-order valence-electron chi connectivity index (χ3n) is 9.80. The van der Waals surface area contributed by atoms with Crippen molar-refractivity contribution >= 4 is 46.5 Å². The van der Waals surface area contributed by atoms with Crippen LogP contribution in [0, 0.1) is 17.8 Å². The van der Waals surface area contributed by atoms with Crippen LogP contribution in [0.2, 0.25) is 0 Å². The summed E-state index contributed by atoms with van der Waals surface area (Å²) < 4.78 is -0.941. The Kier molecular flexibility index (Phi) is 8.85. The molecule has 238 valence electrons. The molecule has 2 aromatic rings. The van der Waals surface area contributed by atoms with Gasteiger partial charge >= 0.3 is 0 Å². The number of fused-ring (bicyclic) bond motifs is 2. The summed E-state index contributed by atoms with van der Waals surface area (Å²) in [5, 5.41) is 10.4. The zero-order valence-electron chi connectivity index (χ0n) is 26.6. The van der Waals surface area contributed by atoms with E-state index in [1.54, 1.807) is 26.5 Å². The Labute approximate surface area is 270 Å². The van der Waals surface area contributed by atoms with Crippen molar-refractivity contribution in [2.75, 3.05) is 47.5 Å². The van der Waals surface area contributed by atoms with Gasteiger partial charge in [0.2, 0.25) is 11.8 Å². The number of likely N-dealkylation sites (tertiary alicyclic amines) is 1. The molecule has 9 heteroatoms. The maximum Gasteiger partial charge on any atom is 0.251 e. The molecule has 2 saturated heterocycles. The van der Waals surface area contributed by atoms with E-state index < -0.39 is 28.7 Å². The molecule has 0 aliphatic carbocycles. The molecule has 4 heterocycles. The average Bonchev–Trinajstić information content (AvgIpc) is 3.36. The number of hydrogen-bond donors (Lipinski definition) is 1. The van der Waals surface area contributed by atoms with Gasteiger partial charge in [-0.3, -0.25) is 14.4 Å². The zero-order chi connectivity index (χ0) is 31.9. The van der Waals surface area contributed by atoms with Gasteiger partial charge in [-0.2, -0.15) is 0 Å². The number of para-hydroxylation sites is 1. The molecular formula is C36H44N4O4S. The Morgan fingerprint density at radius 2 is 1.53 bits per heavy atom. The Morgan fingerprint density at radius 3 is 2.18 bits per heavy atom. The lowest BCUT2D eigenvalue weighted by Crippen LogP contribution is -2.57. The van der Waals surface area contributed by atoms with Gasteiger partial charge < -0.3 is 24.7 Å². The van der Waals surface area contributed by atoms with E-state index in [4.69, 9.17) is 0 Å². The quantitative estimate of drug-likeness (QED) is 0.404. The minimum absolute atomic E-state index is 0.0992. The lowest BCUT2D eigenvalue weighted by atomic mass is 9.78. The van der Waals surface area contributed by atoms with E-state index in [9.17, 15) is 19.5 Å². The summed E-state index contributed by atoms with van der Waals surface area (Å²) in [7, 11) is 0. The Morgan fingerprint density at radius 1 is 0.889 bits per heavy atom. The average molecular weight is 629 g/mol. The highest BCUT2D eigenvalue weighted by Gasteiger charge is 2.71. The predicted octanol–water partition coefficient (Wildman–Crippen LogP) is 4.74. The van der Waals surface area contributed by atoms with E-state index in [0.29, 0.717) is 19.5 Å². The highest BCUT2D eigenvalue weighted by Crippen LogP contribution is 2.61. The number of anilines is 3. The second-order valence-corrected chi connectivity index (χ2v) is 14.3. The smallest absolute Gasteiger partial charge is 0.251 e. The highest BCUT2D eigenvalue weighted by molar-refractivity contribution is 8.02. The summed E-state index contributed by atoms with van der Waals surface area (Å²) in [6.07, 6.45) is 8.66. The van der Waals surface area contributed by atoms with E-state index in [1.807, 2.05) is 72.8 Å². The summed E-state index contributed by atoms with van der Waals surface area (Å²) in [5.41, 5.74) is 2.64. The van der Waals surface area contributed by atoms with Crippen LogP contribution in [0.25, 0.3) is 0 Å². The largest absolute Gasteiger partial charge is 0.394 e. The van der Waals surface area contributed by atoms with Crippen molar-refractivity contribution < 1.29 is 19.5 Å². The number of aliphatic hydroxyl groups excluding tert-OH is 1. The van der Waals surface area contributed by atoms with Gasteiger partial charge in [-0.1, -0.05) is 56.4 Å². The fourth-order valence-corrected chi connectivity index (χ4v) is 9.79. The fraction of sp³-hybridized carbons (Fsp3) is 0.472. The maximum absolute atomic E-state index is 14.9. The molecule has 2 fully saturated rings. The van der Waals surface area contributed by atoms with Gasteiger partial charge in [-0.25, -0.2) is 0 Å². The van der Waals surface area contributed by atoms with Crippen LogP contribution in [0.5, 0.6) is 0 Å². The molecule has 4 aliphatic heterocycles. The molecule has 1 spiro atoms. The first kappa shape index (κ1) is 31.4. The summed E-state index contributed by atoms with van der Waals surface area (Å²) >= 11 is 1.57. The fourth-order valence-electron chi connectivity index (χ4n) is 7.79. The number of thioether (sulfide) groups is 1. The van der Waals surface area contributed by atoms with Crippen molar-refractivity contribution in [1.29, 1.82) is 0 Å². The van der Waals surface area contributed by atoms with Crippen molar-refractivity contribution in [3.05, 3.63) is 78.9 Å². The lowest BCUT2D eigenvalue weighted by molar-refractivity contribution is -0.142. The van der Waals surface area contributed by atoms with Crippen LogP contribution in [-0.2, 0) is 14.4 Å². The monoisotopic (exact) mass is 628 g/mol. The lowest BCUT2D eigenvalue weighted by Gasteiger charge is -2.39. The third kappa shape index (κ3) is 5.27. The van der Waals surface area contributed by atoms with Crippen LogP contribution < -0.4 is 14.7 Å². The Balaban J connectivity index is 1.43. The molecule has 0 bridgehead atoms. The van der Waals surface area contributed by atoms with Crippen LogP contribution in [0.15, 0.2) is 78.9 Å². The second kappa shape index (κ2) is 12.7. The van der Waals surface area contributed by atoms with Gasteiger partial charge in [-0.15, -0.1) is 11.8 Å².